The number of methoxy groups -OCH3 is 1. The highest BCUT2D eigenvalue weighted by Crippen LogP contribution is 2.38. The van der Waals surface area contributed by atoms with Crippen LogP contribution in [-0.4, -0.2) is 27.6 Å². The first-order valence-electron chi connectivity index (χ1n) is 10.8. The van der Waals surface area contributed by atoms with Crippen molar-refractivity contribution in [3.8, 4) is 11.1 Å². The highest BCUT2D eigenvalue weighted by molar-refractivity contribution is 8.00. The van der Waals surface area contributed by atoms with E-state index in [2.05, 4.69) is 14.7 Å². The summed E-state index contributed by atoms with van der Waals surface area (Å²) in [6.45, 7) is 0. The van der Waals surface area contributed by atoms with Gasteiger partial charge in [-0.05, 0) is 66.8 Å². The molecule has 1 aliphatic carbocycles. The van der Waals surface area contributed by atoms with Gasteiger partial charge in [0.2, 0.25) is 0 Å². The lowest BCUT2D eigenvalue weighted by molar-refractivity contribution is -0.149. The van der Waals surface area contributed by atoms with Crippen LogP contribution in [-0.2, 0) is 9.53 Å². The molecule has 0 amide bonds. The molecule has 4 aromatic rings. The van der Waals surface area contributed by atoms with Crippen molar-refractivity contribution < 1.29 is 13.9 Å². The Morgan fingerprint density at radius 2 is 2.00 bits per heavy atom. The molecule has 0 spiro atoms. The van der Waals surface area contributed by atoms with Gasteiger partial charge in [-0.1, -0.05) is 17.7 Å². The summed E-state index contributed by atoms with van der Waals surface area (Å²) in [4.78, 5) is 34.3. The number of hydrogen-bond acceptors (Lipinski definition) is 7. The molecule has 2 aromatic carbocycles. The second-order valence-electron chi connectivity index (χ2n) is 8.28. The number of aromatic nitrogens is 3. The van der Waals surface area contributed by atoms with Crippen LogP contribution in [0.25, 0.3) is 22.0 Å². The van der Waals surface area contributed by atoms with E-state index in [9.17, 15) is 14.0 Å². The van der Waals surface area contributed by atoms with Crippen molar-refractivity contribution in [3.05, 3.63) is 82.4 Å². The summed E-state index contributed by atoms with van der Waals surface area (Å²) >= 11 is 7.35. The standard InChI is InChI=1S/C25H20ClFN4O3S/c1-34-25(33)15-7-19(8-15)31-13-29-22-4-2-14(9-20(22)24(31)32)16-6-18(12-28-11-16)30-35-23-5-3-17(27)10-21(23)26/h2-6,9-13,15,19,30H,7-8H2,1H3. The number of ether oxygens (including phenoxy) is 1. The van der Waals surface area contributed by atoms with Crippen molar-refractivity contribution in [3.63, 3.8) is 0 Å². The van der Waals surface area contributed by atoms with Gasteiger partial charge in [0.05, 0.1) is 47.2 Å². The number of nitrogens with one attached hydrogen (secondary N) is 1. The Hall–Kier alpha value is -3.43. The lowest BCUT2D eigenvalue weighted by Gasteiger charge is -2.34. The zero-order chi connectivity index (χ0) is 24.5. The van der Waals surface area contributed by atoms with Crippen LogP contribution in [0.15, 0.2) is 70.9 Å². The number of fused-ring (bicyclic) bond motifs is 1. The van der Waals surface area contributed by atoms with Crippen molar-refractivity contribution >= 4 is 46.1 Å². The summed E-state index contributed by atoms with van der Waals surface area (Å²) < 4.78 is 22.8. The summed E-state index contributed by atoms with van der Waals surface area (Å²) in [5.74, 6) is -0.817. The third-order valence-corrected chi connectivity index (χ3v) is 7.41. The van der Waals surface area contributed by atoms with Gasteiger partial charge in [-0.25, -0.2) is 9.37 Å². The lowest BCUT2D eigenvalue weighted by Crippen LogP contribution is -2.37. The molecule has 5 rings (SSSR count). The predicted octanol–water partition coefficient (Wildman–Crippen LogP) is 5.49. The Balaban J connectivity index is 1.38. The van der Waals surface area contributed by atoms with E-state index in [-0.39, 0.29) is 23.5 Å². The number of benzene rings is 2. The van der Waals surface area contributed by atoms with Gasteiger partial charge in [-0.15, -0.1) is 0 Å². The van der Waals surface area contributed by atoms with Gasteiger partial charge in [0.1, 0.15) is 5.82 Å². The summed E-state index contributed by atoms with van der Waals surface area (Å²) in [6, 6.07) is 11.5. The number of nitrogens with zero attached hydrogens (tertiary/aromatic N) is 3. The number of carbonyl (C=O) groups excluding carboxylic acids is 1. The molecule has 178 valence electrons. The average Bonchev–Trinajstić information content (AvgIpc) is 2.84. The molecular formula is C25H20ClFN4O3S. The van der Waals surface area contributed by atoms with Crippen LogP contribution in [0.1, 0.15) is 18.9 Å². The van der Waals surface area contributed by atoms with E-state index in [4.69, 9.17) is 16.3 Å². The largest absolute Gasteiger partial charge is 0.469 e. The van der Waals surface area contributed by atoms with Gasteiger partial charge in [-0.2, -0.15) is 0 Å². The average molecular weight is 511 g/mol. The van der Waals surface area contributed by atoms with Gasteiger partial charge >= 0.3 is 5.97 Å². The van der Waals surface area contributed by atoms with Crippen molar-refractivity contribution in [1.29, 1.82) is 0 Å². The van der Waals surface area contributed by atoms with Crippen LogP contribution >= 0.6 is 23.5 Å². The third kappa shape index (κ3) is 4.74. The van der Waals surface area contributed by atoms with E-state index in [0.717, 1.165) is 16.8 Å². The fourth-order valence-electron chi connectivity index (χ4n) is 4.08. The van der Waals surface area contributed by atoms with Crippen molar-refractivity contribution in [2.45, 2.75) is 23.8 Å². The molecule has 0 atom stereocenters. The van der Waals surface area contributed by atoms with Crippen molar-refractivity contribution in [2.75, 3.05) is 11.8 Å². The topological polar surface area (TPSA) is 86.1 Å². The van der Waals surface area contributed by atoms with E-state index in [1.54, 1.807) is 29.4 Å². The minimum Gasteiger partial charge on any atom is -0.469 e. The Morgan fingerprint density at radius 3 is 2.77 bits per heavy atom. The minimum absolute atomic E-state index is 0.0725. The first kappa shape index (κ1) is 23.3. The van der Waals surface area contributed by atoms with E-state index < -0.39 is 5.82 Å². The molecule has 7 nitrogen and oxygen atoms in total. The summed E-state index contributed by atoms with van der Waals surface area (Å²) in [5.41, 5.74) is 2.81. The Bertz CT molecular complexity index is 1490. The second kappa shape index (κ2) is 9.67. The molecule has 0 radical (unpaired) electrons. The molecule has 0 bridgehead atoms. The fourth-order valence-corrected chi connectivity index (χ4v) is 4.99. The molecule has 1 N–H and O–H groups in total. The van der Waals surface area contributed by atoms with Gasteiger partial charge in [-0.3, -0.25) is 19.1 Å². The second-order valence-corrected chi connectivity index (χ2v) is 9.53. The Morgan fingerprint density at radius 1 is 1.17 bits per heavy atom. The van der Waals surface area contributed by atoms with Crippen LogP contribution in [0.4, 0.5) is 10.1 Å². The zero-order valence-corrected chi connectivity index (χ0v) is 20.1. The summed E-state index contributed by atoms with van der Waals surface area (Å²) in [5, 5.41) is 0.812. The quantitative estimate of drug-likeness (QED) is 0.271. The SMILES string of the molecule is COC(=O)C1CC(n2cnc3ccc(-c4cncc(NSc5ccc(F)cc5Cl)c4)cc3c2=O)C1. The smallest absolute Gasteiger partial charge is 0.308 e. The molecular weight excluding hydrogens is 491 g/mol. The molecule has 1 fully saturated rings. The number of carbonyl (C=O) groups is 1. The molecule has 2 aromatic heterocycles. The molecule has 35 heavy (non-hydrogen) atoms. The summed E-state index contributed by atoms with van der Waals surface area (Å²) in [6.07, 6.45) is 6.05. The number of esters is 1. The molecule has 10 heteroatoms. The number of halogens is 2. The highest BCUT2D eigenvalue weighted by atomic mass is 35.5. The zero-order valence-electron chi connectivity index (χ0n) is 18.6. The van der Waals surface area contributed by atoms with Crippen molar-refractivity contribution in [2.24, 2.45) is 5.92 Å². The molecule has 1 aliphatic rings. The maximum Gasteiger partial charge on any atom is 0.308 e. The lowest BCUT2D eigenvalue weighted by atomic mass is 9.80. The Kier molecular flexibility index (Phi) is 6.44. The monoisotopic (exact) mass is 510 g/mol. The Labute approximate surface area is 209 Å². The van der Waals surface area contributed by atoms with Gasteiger partial charge in [0.15, 0.2) is 0 Å². The minimum atomic E-state index is -0.395. The van der Waals surface area contributed by atoms with Crippen LogP contribution in [0.5, 0.6) is 0 Å². The van der Waals surface area contributed by atoms with E-state index >= 15 is 0 Å². The molecule has 0 unspecified atom stereocenters. The first-order chi connectivity index (χ1) is 16.9. The molecule has 0 saturated heterocycles. The van der Waals surface area contributed by atoms with Crippen LogP contribution < -0.4 is 10.3 Å². The fraction of sp³-hybridized carbons (Fsp3) is 0.200. The van der Waals surface area contributed by atoms with Crippen LogP contribution in [0.3, 0.4) is 0 Å². The first-order valence-corrected chi connectivity index (χ1v) is 12.0. The predicted molar refractivity (Wildman–Crippen MR) is 134 cm³/mol. The summed E-state index contributed by atoms with van der Waals surface area (Å²) in [7, 11) is 1.37. The van der Waals surface area contributed by atoms with Gasteiger partial charge < -0.3 is 9.46 Å². The number of hydrogen-bond donors (Lipinski definition) is 1. The molecule has 1 saturated carbocycles. The normalized spacial score (nSPS) is 17.1. The van der Waals surface area contributed by atoms with E-state index in [1.165, 1.54) is 31.2 Å². The molecule has 0 aliphatic heterocycles. The molecule has 2 heterocycles. The number of pyridine rings is 1. The number of anilines is 1. The van der Waals surface area contributed by atoms with E-state index in [0.29, 0.717) is 33.7 Å². The maximum atomic E-state index is 13.3. The number of rotatable bonds is 6. The van der Waals surface area contributed by atoms with Crippen LogP contribution in [0, 0.1) is 11.7 Å². The van der Waals surface area contributed by atoms with E-state index in [1.807, 2.05) is 24.3 Å². The maximum absolute atomic E-state index is 13.3. The third-order valence-electron chi connectivity index (χ3n) is 6.07. The van der Waals surface area contributed by atoms with Gasteiger partial charge in [0.25, 0.3) is 5.56 Å². The van der Waals surface area contributed by atoms with Gasteiger partial charge in [0, 0.05) is 22.7 Å². The van der Waals surface area contributed by atoms with Crippen molar-refractivity contribution in [1.82, 2.24) is 14.5 Å². The highest BCUT2D eigenvalue weighted by Gasteiger charge is 2.37. The van der Waals surface area contributed by atoms with Crippen LogP contribution in [0.2, 0.25) is 5.02 Å².